The van der Waals surface area contributed by atoms with Gasteiger partial charge in [0.05, 0.1) is 25.5 Å². The molecule has 0 N–H and O–H groups in total. The summed E-state index contributed by atoms with van der Waals surface area (Å²) in [4.78, 5) is 4.25. The highest BCUT2D eigenvalue weighted by Gasteiger charge is 1.99. The van der Waals surface area contributed by atoms with E-state index in [9.17, 15) is 0 Å². The molecule has 0 fully saturated rings. The van der Waals surface area contributed by atoms with Crippen LogP contribution >= 0.6 is 0 Å². The van der Waals surface area contributed by atoms with Gasteiger partial charge < -0.3 is 9.80 Å². The molecule has 2 heterocycles. The molecule has 12 nitrogen and oxygen atoms in total. The van der Waals surface area contributed by atoms with E-state index in [2.05, 4.69) is 57.9 Å². The van der Waals surface area contributed by atoms with E-state index >= 15 is 0 Å². The quantitative estimate of drug-likeness (QED) is 0.339. The Hall–Kier alpha value is -1.32. The van der Waals surface area contributed by atoms with Gasteiger partial charge in [-0.3, -0.25) is 0 Å². The van der Waals surface area contributed by atoms with Crippen molar-refractivity contribution >= 4 is 12.4 Å². The van der Waals surface area contributed by atoms with Crippen molar-refractivity contribution in [1.29, 1.82) is 0 Å². The van der Waals surface area contributed by atoms with E-state index in [-0.39, 0.29) is 0 Å². The maximum atomic E-state index is 8.49. The third-order valence-electron chi connectivity index (χ3n) is 2.43. The maximum absolute atomic E-state index is 8.49. The van der Waals surface area contributed by atoms with Crippen LogP contribution in [0, 0.1) is 20.5 Å². The molecule has 0 aromatic rings. The minimum absolute atomic E-state index is 1.02. The summed E-state index contributed by atoms with van der Waals surface area (Å²) in [6.07, 6.45) is 12.4. The minimum Gasteiger partial charge on any atom is -0.366 e. The molecule has 0 unspecified atom stereocenters. The Morgan fingerprint density at radius 1 is 0.654 bits per heavy atom. The standard InChI is InChI=1S/2C6H11N2.2ClHO4/c2*1-7-3-5-8(2)6-4-7;2*2-1(3,4)5/h2*3-5H,6H2,1-2H3;2*(H,2,3,4,5)/q2*+1;;/p-2. The largest absolute Gasteiger partial charge is 0.366 e. The van der Waals surface area contributed by atoms with Crippen molar-refractivity contribution in [3.05, 3.63) is 24.8 Å². The van der Waals surface area contributed by atoms with Crippen molar-refractivity contribution in [2.45, 2.75) is 0 Å². The summed E-state index contributed by atoms with van der Waals surface area (Å²) in [5.41, 5.74) is 0. The van der Waals surface area contributed by atoms with Crippen LogP contribution in [0.15, 0.2) is 24.8 Å². The second-order valence-electron chi connectivity index (χ2n) is 4.93. The van der Waals surface area contributed by atoms with Crippen LogP contribution in [0.3, 0.4) is 0 Å². The summed E-state index contributed by atoms with van der Waals surface area (Å²) in [5, 5.41) is 0. The Bertz CT molecular complexity index is 456. The van der Waals surface area contributed by atoms with Crippen LogP contribution in [0.1, 0.15) is 0 Å². The van der Waals surface area contributed by atoms with E-state index < -0.39 is 20.5 Å². The first-order valence-electron chi connectivity index (χ1n) is 6.69. The van der Waals surface area contributed by atoms with Crippen molar-refractivity contribution in [2.75, 3.05) is 41.3 Å². The van der Waals surface area contributed by atoms with Crippen molar-refractivity contribution < 1.29 is 66.9 Å². The average molecular weight is 421 g/mol. The lowest BCUT2D eigenvalue weighted by Crippen LogP contribution is -2.68. The van der Waals surface area contributed by atoms with Crippen molar-refractivity contribution in [3.8, 4) is 0 Å². The zero-order valence-electron chi connectivity index (χ0n) is 14.7. The van der Waals surface area contributed by atoms with Crippen molar-refractivity contribution in [3.63, 3.8) is 0 Å². The van der Waals surface area contributed by atoms with Gasteiger partial charge in [-0.05, 0) is 0 Å². The second kappa shape index (κ2) is 12.9. The van der Waals surface area contributed by atoms with E-state index in [0.29, 0.717) is 0 Å². The van der Waals surface area contributed by atoms with Gasteiger partial charge in [0.2, 0.25) is 0 Å². The molecule has 0 saturated heterocycles. The van der Waals surface area contributed by atoms with Gasteiger partial charge in [0.15, 0.2) is 24.8 Å². The molecule has 0 amide bonds. The molecule has 152 valence electrons. The summed E-state index contributed by atoms with van der Waals surface area (Å²) in [5.74, 6) is 0. The number of nitrogens with zero attached hydrogens (tertiary/aromatic N) is 4. The predicted molar refractivity (Wildman–Crippen MR) is 68.0 cm³/mol. The Morgan fingerprint density at radius 2 is 0.885 bits per heavy atom. The highest BCUT2D eigenvalue weighted by molar-refractivity contribution is 5.55. The van der Waals surface area contributed by atoms with Gasteiger partial charge in [0.1, 0.15) is 14.1 Å². The van der Waals surface area contributed by atoms with Crippen molar-refractivity contribution in [1.82, 2.24) is 9.80 Å². The van der Waals surface area contributed by atoms with Crippen LogP contribution < -0.4 is 37.3 Å². The lowest BCUT2D eigenvalue weighted by atomic mass is 10.5. The molecule has 0 aromatic heterocycles. The molecule has 2 aliphatic heterocycles. The Kier molecular flexibility index (Phi) is 13.4. The van der Waals surface area contributed by atoms with Crippen LogP contribution in [0.25, 0.3) is 0 Å². The lowest BCUT2D eigenvalue weighted by Gasteiger charge is -2.17. The number of hydrogen-bond donors (Lipinski definition) is 0. The fraction of sp³-hybridized carbons (Fsp3) is 0.500. The third kappa shape index (κ3) is 30.5. The smallest absolute Gasteiger partial charge is 0.184 e. The normalized spacial score (nSPS) is 16.2. The first-order chi connectivity index (χ1) is 11.6. The summed E-state index contributed by atoms with van der Waals surface area (Å²) < 4.78 is 72.1. The monoisotopic (exact) mass is 420 g/mol. The SMILES string of the molecule is CN1C=C[N+](C)=CC1.CN1C=C[N+](C)=CC1.[O-][Cl+3]([O-])([O-])[O-].[O-][Cl+3]([O-])([O-])[O-]. The van der Waals surface area contributed by atoms with Crippen LogP contribution in [0.5, 0.6) is 0 Å². The fourth-order valence-corrected chi connectivity index (χ4v) is 1.20. The van der Waals surface area contributed by atoms with Gasteiger partial charge in [-0.2, -0.15) is 0 Å². The topological polar surface area (TPSA) is 197 Å². The highest BCUT2D eigenvalue weighted by Crippen LogP contribution is 1.87. The predicted octanol–water partition coefficient (Wildman–Crippen LogP) is -9.28. The summed E-state index contributed by atoms with van der Waals surface area (Å²) in [6.45, 7) is 2.04. The summed E-state index contributed by atoms with van der Waals surface area (Å²) in [6, 6.07) is 0. The number of halogens is 2. The van der Waals surface area contributed by atoms with Crippen LogP contribution in [0.4, 0.5) is 0 Å². The molecular weight excluding hydrogens is 399 g/mol. The molecule has 0 spiro atoms. The fourth-order valence-electron chi connectivity index (χ4n) is 1.20. The summed E-state index contributed by atoms with van der Waals surface area (Å²) >= 11 is 0. The molecule has 0 saturated carbocycles. The second-order valence-corrected chi connectivity index (χ2v) is 6.44. The van der Waals surface area contributed by atoms with Crippen LogP contribution in [-0.2, 0) is 0 Å². The van der Waals surface area contributed by atoms with E-state index in [4.69, 9.17) is 37.3 Å². The van der Waals surface area contributed by atoms with Crippen LogP contribution in [-0.4, -0.2) is 72.7 Å². The van der Waals surface area contributed by atoms with Gasteiger partial charge in [0.25, 0.3) is 0 Å². The summed E-state index contributed by atoms with van der Waals surface area (Å²) in [7, 11) is -1.72. The molecule has 0 bridgehead atoms. The molecule has 0 radical (unpaired) electrons. The van der Waals surface area contributed by atoms with Gasteiger partial charge in [-0.15, -0.1) is 20.5 Å². The van der Waals surface area contributed by atoms with Gasteiger partial charge >= 0.3 is 0 Å². The molecule has 0 aliphatic carbocycles. The van der Waals surface area contributed by atoms with E-state index in [0.717, 1.165) is 13.1 Å². The minimum atomic E-state index is -4.94. The lowest BCUT2D eigenvalue weighted by molar-refractivity contribution is -2.00. The molecule has 2 aliphatic rings. The van der Waals surface area contributed by atoms with Gasteiger partial charge in [-0.25, -0.2) is 46.4 Å². The number of rotatable bonds is 0. The Morgan fingerprint density at radius 3 is 1.00 bits per heavy atom. The van der Waals surface area contributed by atoms with Gasteiger partial charge in [-0.1, -0.05) is 0 Å². The molecular formula is C12H22Cl2N4O8. The first kappa shape index (κ1) is 26.9. The molecule has 2 rings (SSSR count). The van der Waals surface area contributed by atoms with E-state index in [1.165, 1.54) is 0 Å². The van der Waals surface area contributed by atoms with Crippen LogP contribution in [0.2, 0.25) is 0 Å². The van der Waals surface area contributed by atoms with E-state index in [1.54, 1.807) is 0 Å². The Balaban J connectivity index is 0. The molecule has 14 heteroatoms. The first-order valence-corrected chi connectivity index (χ1v) is 9.16. The molecule has 0 atom stereocenters. The highest BCUT2D eigenvalue weighted by atomic mass is 35.7. The zero-order valence-corrected chi connectivity index (χ0v) is 16.2. The molecule has 0 aromatic carbocycles. The Labute approximate surface area is 155 Å². The average Bonchev–Trinajstić information content (AvgIpc) is 2.42. The molecule has 26 heavy (non-hydrogen) atoms. The number of hydrogen-bond acceptors (Lipinski definition) is 10. The van der Waals surface area contributed by atoms with Crippen molar-refractivity contribution in [2.24, 2.45) is 0 Å². The van der Waals surface area contributed by atoms with Gasteiger partial charge in [0, 0.05) is 14.1 Å². The van der Waals surface area contributed by atoms with E-state index in [1.807, 2.05) is 26.5 Å². The zero-order chi connectivity index (χ0) is 21.0. The third-order valence-corrected chi connectivity index (χ3v) is 2.43. The maximum Gasteiger partial charge on any atom is 0.184 e.